The molecule has 3 heterocycles. The van der Waals surface area contributed by atoms with Crippen molar-refractivity contribution in [2.24, 2.45) is 17.8 Å². The highest BCUT2D eigenvalue weighted by Gasteiger charge is 2.63. The Morgan fingerprint density at radius 1 is 1.10 bits per heavy atom. The summed E-state index contributed by atoms with van der Waals surface area (Å²) in [6.45, 7) is 8.24. The number of rotatable bonds is 12. The third-order valence-electron chi connectivity index (χ3n) is 12.5. The van der Waals surface area contributed by atoms with Gasteiger partial charge in [-0.25, -0.2) is 22.0 Å². The van der Waals surface area contributed by atoms with Crippen LogP contribution in [-0.2, 0) is 33.9 Å². The number of aromatic nitrogens is 1. The number of halogens is 3. The summed E-state index contributed by atoms with van der Waals surface area (Å²) in [5.41, 5.74) is -3.88. The number of carbonyl (C=O) groups excluding carboxylic acids is 4. The zero-order chi connectivity index (χ0) is 44.7. The Bertz CT molecular complexity index is 2170. The number of hydrogen-bond acceptors (Lipinski definition) is 11. The number of pyridine rings is 1. The Hall–Kier alpha value is -4.29. The molecule has 4 amide bonds. The molecule has 336 valence electrons. The first kappa shape index (κ1) is 46.2. The molecule has 0 unspecified atom stereocenters. The van der Waals surface area contributed by atoms with E-state index < -0.39 is 85.7 Å². The number of alkyl carbamates (subject to hydrolysis) is 1. The van der Waals surface area contributed by atoms with Gasteiger partial charge in [-0.2, -0.15) is 4.98 Å². The van der Waals surface area contributed by atoms with Gasteiger partial charge in [0.2, 0.25) is 33.6 Å². The maximum Gasteiger partial charge on any atom is 0.408 e. The minimum absolute atomic E-state index is 0.000722. The first-order valence-electron chi connectivity index (χ1n) is 20.6. The molecule has 3 N–H and O–H groups in total. The van der Waals surface area contributed by atoms with Crippen molar-refractivity contribution in [2.75, 3.05) is 26.9 Å². The number of nitrogens with zero attached hydrogens (tertiary/aromatic N) is 2. The van der Waals surface area contributed by atoms with Crippen LogP contribution in [0.15, 0.2) is 36.4 Å². The Labute approximate surface area is 360 Å². The quantitative estimate of drug-likeness (QED) is 0.176. The van der Waals surface area contributed by atoms with Crippen molar-refractivity contribution < 1.29 is 55.3 Å². The van der Waals surface area contributed by atoms with E-state index in [0.29, 0.717) is 54.8 Å². The minimum atomic E-state index is -4.08. The third kappa shape index (κ3) is 10.0. The summed E-state index contributed by atoms with van der Waals surface area (Å²) in [6, 6.07) is 4.13. The second-order valence-electron chi connectivity index (χ2n) is 17.8. The highest BCUT2D eigenvalue weighted by molar-refractivity contribution is 7.91. The van der Waals surface area contributed by atoms with Crippen LogP contribution in [0.1, 0.15) is 86.5 Å². The molecule has 2 aromatic rings. The molecule has 0 radical (unpaired) electrons. The van der Waals surface area contributed by atoms with Gasteiger partial charge in [0.05, 0.1) is 17.9 Å². The second-order valence-corrected chi connectivity index (χ2v) is 20.4. The van der Waals surface area contributed by atoms with Crippen molar-refractivity contribution in [2.45, 2.75) is 126 Å². The van der Waals surface area contributed by atoms with E-state index in [1.54, 1.807) is 44.2 Å². The van der Waals surface area contributed by atoms with E-state index >= 15 is 0 Å². The molecule has 3 fully saturated rings. The molecule has 15 nitrogen and oxygen atoms in total. The molecule has 2 aliphatic heterocycles. The molecular formula is C42H56ClF2N5O10S. The molecule has 2 saturated carbocycles. The normalized spacial score (nSPS) is 28.6. The fraction of sp³-hybridized carbons (Fsp3) is 0.643. The number of fused-ring (bicyclic) bond motifs is 3. The van der Waals surface area contributed by atoms with Crippen molar-refractivity contribution in [3.63, 3.8) is 0 Å². The van der Waals surface area contributed by atoms with Gasteiger partial charge >= 0.3 is 6.09 Å². The van der Waals surface area contributed by atoms with Gasteiger partial charge in [-0.1, -0.05) is 43.7 Å². The van der Waals surface area contributed by atoms with E-state index in [0.717, 1.165) is 13.8 Å². The average molecular weight is 896 g/mol. The van der Waals surface area contributed by atoms with Crippen LogP contribution in [0.3, 0.4) is 0 Å². The molecule has 1 saturated heterocycles. The molecule has 19 heteroatoms. The van der Waals surface area contributed by atoms with Gasteiger partial charge in [0, 0.05) is 48.2 Å². The van der Waals surface area contributed by atoms with E-state index in [1.165, 1.54) is 12.0 Å². The Morgan fingerprint density at radius 3 is 2.49 bits per heavy atom. The van der Waals surface area contributed by atoms with Gasteiger partial charge in [-0.15, -0.1) is 0 Å². The van der Waals surface area contributed by atoms with E-state index in [4.69, 9.17) is 30.5 Å². The predicted octanol–water partition coefficient (Wildman–Crippen LogP) is 5.68. The minimum Gasteiger partial charge on any atom is -0.475 e. The highest BCUT2D eigenvalue weighted by atomic mass is 35.5. The van der Waals surface area contributed by atoms with Crippen LogP contribution >= 0.6 is 11.6 Å². The molecule has 61 heavy (non-hydrogen) atoms. The van der Waals surface area contributed by atoms with Gasteiger partial charge in [-0.05, 0) is 83.3 Å². The lowest BCUT2D eigenvalue weighted by molar-refractivity contribution is -0.152. The third-order valence-corrected chi connectivity index (χ3v) is 15.0. The first-order valence-corrected chi connectivity index (χ1v) is 22.5. The van der Waals surface area contributed by atoms with Crippen LogP contribution in [0.25, 0.3) is 10.8 Å². The SMILES string of the molecule is COCCOc1cc2c(Cl)cccc2c(O[C@@H]2C[C@H]3C(=O)N[C@]4(C(=O)NS(=O)(=O)C5(C)CC5)C[C@H]4/C=C\CC[C@H](C)C[C@@H](C)[C@H](NC(=O)OC(C)(C)C(C)(F)F)C(=O)N3C2)n1. The molecular weight excluding hydrogens is 840 g/mol. The zero-order valence-corrected chi connectivity index (χ0v) is 37.1. The molecule has 7 atom stereocenters. The second kappa shape index (κ2) is 17.5. The topological polar surface area (TPSA) is 192 Å². The van der Waals surface area contributed by atoms with Crippen molar-refractivity contribution in [3.05, 3.63) is 41.4 Å². The number of nitrogens with one attached hydrogen (secondary N) is 3. The van der Waals surface area contributed by atoms with Crippen LogP contribution in [0.4, 0.5) is 13.6 Å². The summed E-state index contributed by atoms with van der Waals surface area (Å²) in [7, 11) is -2.55. The van der Waals surface area contributed by atoms with Gasteiger partial charge in [0.25, 0.3) is 11.8 Å². The van der Waals surface area contributed by atoms with E-state index in [2.05, 4.69) is 20.3 Å². The fourth-order valence-corrected chi connectivity index (χ4v) is 9.35. The van der Waals surface area contributed by atoms with E-state index in [1.807, 2.05) is 13.0 Å². The standard InChI is InChI=1S/C42H56ClF2N5O10S/c1-24-11-8-9-12-26-22-42(26,37(53)49-61(55,56)40(5)15-16-40)48-34(51)31-20-27(59-35-28-13-10-14-30(43)29(28)21-32(46-35)58-18-17-57-7)23-50(31)36(52)33(25(2)19-24)47-38(54)60-39(3,4)41(6,44)45/h9-10,12-14,21,24-27,31,33H,8,11,15-20,22-23H2,1-7H3,(H,47,54)(H,48,51)(H,49,53)/b12-9-/t24-,25+,26+,27+,31-,33-,42+/m0/s1. The number of sulfonamides is 1. The predicted molar refractivity (Wildman–Crippen MR) is 222 cm³/mol. The molecule has 1 aromatic carbocycles. The van der Waals surface area contributed by atoms with Gasteiger partial charge in [0.15, 0.2) is 5.60 Å². The molecule has 1 aromatic heterocycles. The van der Waals surface area contributed by atoms with E-state index in [-0.39, 0.29) is 50.3 Å². The fourth-order valence-electron chi connectivity index (χ4n) is 7.81. The summed E-state index contributed by atoms with van der Waals surface area (Å²) < 4.78 is 79.1. The number of ether oxygens (including phenoxy) is 4. The largest absolute Gasteiger partial charge is 0.475 e. The van der Waals surface area contributed by atoms with Crippen LogP contribution in [0, 0.1) is 17.8 Å². The van der Waals surface area contributed by atoms with Gasteiger partial charge in [-0.3, -0.25) is 19.1 Å². The lowest BCUT2D eigenvalue weighted by atomic mass is 9.88. The maximum atomic E-state index is 14.9. The molecule has 4 aliphatic rings. The molecule has 6 rings (SSSR count). The number of benzene rings is 1. The number of carbonyl (C=O) groups is 4. The van der Waals surface area contributed by atoms with Crippen molar-refractivity contribution >= 4 is 56.2 Å². The van der Waals surface area contributed by atoms with Crippen LogP contribution in [-0.4, -0.2) is 109 Å². The number of amides is 4. The average Bonchev–Trinajstić information content (AvgIpc) is 4.05. The summed E-state index contributed by atoms with van der Waals surface area (Å²) in [6.07, 6.45) is 3.93. The van der Waals surface area contributed by atoms with Crippen LogP contribution in [0.2, 0.25) is 5.02 Å². The van der Waals surface area contributed by atoms with Crippen molar-refractivity contribution in [1.29, 1.82) is 0 Å². The monoisotopic (exact) mass is 895 g/mol. The van der Waals surface area contributed by atoms with Gasteiger partial charge < -0.3 is 34.5 Å². The van der Waals surface area contributed by atoms with Crippen molar-refractivity contribution in [3.8, 4) is 11.8 Å². The number of methoxy groups -OCH3 is 1. The molecule has 2 aliphatic carbocycles. The summed E-state index contributed by atoms with van der Waals surface area (Å²) in [5, 5.41) is 6.84. The Balaban J connectivity index is 1.37. The molecule has 0 spiro atoms. The van der Waals surface area contributed by atoms with Crippen LogP contribution < -0.4 is 24.8 Å². The highest BCUT2D eigenvalue weighted by Crippen LogP contribution is 2.48. The number of allylic oxidation sites excluding steroid dienone is 1. The van der Waals surface area contributed by atoms with E-state index in [9.17, 15) is 36.4 Å². The maximum absolute atomic E-state index is 14.9. The lowest BCUT2D eigenvalue weighted by Crippen LogP contribution is -2.59. The summed E-state index contributed by atoms with van der Waals surface area (Å²) in [5.74, 6) is -6.64. The summed E-state index contributed by atoms with van der Waals surface area (Å²) in [4.78, 5) is 62.8. The molecule has 0 bridgehead atoms. The lowest BCUT2D eigenvalue weighted by Gasteiger charge is -2.35. The Morgan fingerprint density at radius 2 is 1.82 bits per heavy atom. The van der Waals surface area contributed by atoms with Crippen LogP contribution in [0.5, 0.6) is 11.8 Å². The Kier molecular flexibility index (Phi) is 13.2. The number of hydrogen-bond donors (Lipinski definition) is 3. The van der Waals surface area contributed by atoms with Crippen molar-refractivity contribution in [1.82, 2.24) is 25.2 Å². The summed E-state index contributed by atoms with van der Waals surface area (Å²) >= 11 is 6.58. The smallest absolute Gasteiger partial charge is 0.408 e. The zero-order valence-electron chi connectivity index (χ0n) is 35.5. The van der Waals surface area contributed by atoms with Gasteiger partial charge in [0.1, 0.15) is 30.3 Å². The number of alkyl halides is 2. The first-order chi connectivity index (χ1) is 28.5.